The molecule has 3 aromatic rings. The zero-order chi connectivity index (χ0) is 27.8. The highest BCUT2D eigenvalue weighted by Crippen LogP contribution is 2.16. The molecule has 2 amide bonds. The summed E-state index contributed by atoms with van der Waals surface area (Å²) < 4.78 is 10.6. The van der Waals surface area contributed by atoms with Gasteiger partial charge in [0.15, 0.2) is 0 Å². The number of nitrogens with one attached hydrogen (secondary N) is 1. The molecule has 1 aromatic heterocycles. The molecule has 0 atom stereocenters. The summed E-state index contributed by atoms with van der Waals surface area (Å²) in [4.78, 5) is 33.2. The molecule has 1 aliphatic heterocycles. The van der Waals surface area contributed by atoms with Crippen molar-refractivity contribution >= 4 is 17.7 Å². The number of anilines is 1. The van der Waals surface area contributed by atoms with Crippen LogP contribution < -0.4 is 10.1 Å². The maximum atomic E-state index is 12.8. The number of amides is 2. The number of hydrogen-bond donors (Lipinski definition) is 1. The third kappa shape index (κ3) is 8.32. The molecule has 8 nitrogen and oxygen atoms in total. The fraction of sp³-hybridized carbons (Fsp3) is 0.323. The van der Waals surface area contributed by atoms with Gasteiger partial charge in [-0.1, -0.05) is 24.0 Å². The molecule has 0 bridgehead atoms. The molecule has 1 aliphatic rings. The molecule has 202 valence electrons. The number of ether oxygens (including phenoxy) is 2. The summed E-state index contributed by atoms with van der Waals surface area (Å²) in [5.41, 5.74) is 3.56. The lowest BCUT2D eigenvalue weighted by molar-refractivity contribution is 0.0139. The van der Waals surface area contributed by atoms with Crippen molar-refractivity contribution in [1.29, 1.82) is 0 Å². The summed E-state index contributed by atoms with van der Waals surface area (Å²) in [5, 5.41) is 2.93. The average Bonchev–Trinajstić information content (AvgIpc) is 2.92. The van der Waals surface area contributed by atoms with Crippen molar-refractivity contribution in [3.8, 4) is 17.7 Å². The minimum atomic E-state index is -0.489. The van der Waals surface area contributed by atoms with E-state index in [-0.39, 0.29) is 12.0 Å². The highest BCUT2D eigenvalue weighted by Gasteiger charge is 2.25. The van der Waals surface area contributed by atoms with Gasteiger partial charge in [0.1, 0.15) is 5.60 Å². The molecule has 2 aromatic carbocycles. The van der Waals surface area contributed by atoms with E-state index in [1.54, 1.807) is 24.3 Å². The second-order valence-electron chi connectivity index (χ2n) is 10.3. The van der Waals surface area contributed by atoms with Crippen molar-refractivity contribution in [2.45, 2.75) is 32.9 Å². The zero-order valence-electron chi connectivity index (χ0n) is 22.9. The Kier molecular flexibility index (Phi) is 8.84. The largest absolute Gasteiger partial charge is 0.481 e. The second-order valence-corrected chi connectivity index (χ2v) is 10.3. The van der Waals surface area contributed by atoms with Crippen molar-refractivity contribution in [3.05, 3.63) is 89.1 Å². The molecular weight excluding hydrogens is 492 g/mol. The van der Waals surface area contributed by atoms with Gasteiger partial charge in [-0.15, -0.1) is 0 Å². The minimum Gasteiger partial charge on any atom is -0.481 e. The number of hydrogen-bond acceptors (Lipinski definition) is 6. The smallest absolute Gasteiger partial charge is 0.410 e. The lowest BCUT2D eigenvalue weighted by atomic mass is 10.1. The summed E-state index contributed by atoms with van der Waals surface area (Å²) in [6.45, 7) is 9.22. The molecule has 4 rings (SSSR count). The standard InChI is InChI=1S/C31H34N4O4/c1-31(2,3)39-30(37)35-19-17-34(18-20-35)22-25-7-11-26(12-8-25)29(36)33-27-13-9-23(10-14-27)5-6-24-15-16-32-28(21-24)38-4/h7-16,21H,17-20,22H2,1-4H3,(H,33,36). The number of methoxy groups -OCH3 is 1. The van der Waals surface area contributed by atoms with Crippen LogP contribution in [0, 0.1) is 11.8 Å². The van der Waals surface area contributed by atoms with Gasteiger partial charge in [0.05, 0.1) is 7.11 Å². The molecule has 0 unspecified atom stereocenters. The lowest BCUT2D eigenvalue weighted by Gasteiger charge is -2.35. The Morgan fingerprint density at radius 1 is 0.923 bits per heavy atom. The summed E-state index contributed by atoms with van der Waals surface area (Å²) in [6.07, 6.45) is 1.40. The topological polar surface area (TPSA) is 84.0 Å². The summed E-state index contributed by atoms with van der Waals surface area (Å²) in [7, 11) is 1.57. The Labute approximate surface area is 229 Å². The van der Waals surface area contributed by atoms with Crippen LogP contribution in [0.25, 0.3) is 0 Å². The first kappa shape index (κ1) is 27.7. The Hall–Kier alpha value is -4.35. The number of piperazine rings is 1. The number of nitrogens with zero attached hydrogens (tertiary/aromatic N) is 3. The quantitative estimate of drug-likeness (QED) is 0.481. The van der Waals surface area contributed by atoms with Crippen molar-refractivity contribution in [2.75, 3.05) is 38.6 Å². The van der Waals surface area contributed by atoms with Gasteiger partial charge >= 0.3 is 6.09 Å². The SMILES string of the molecule is COc1cc(C#Cc2ccc(NC(=O)c3ccc(CN4CCN(C(=O)OC(C)(C)C)CC4)cc3)cc2)ccn1. The summed E-state index contributed by atoms with van der Waals surface area (Å²) >= 11 is 0. The molecule has 8 heteroatoms. The Morgan fingerprint density at radius 3 is 2.23 bits per heavy atom. The average molecular weight is 527 g/mol. The van der Waals surface area contributed by atoms with Crippen LogP contribution in [-0.2, 0) is 11.3 Å². The highest BCUT2D eigenvalue weighted by molar-refractivity contribution is 6.04. The van der Waals surface area contributed by atoms with Crippen LogP contribution in [0.1, 0.15) is 47.8 Å². The minimum absolute atomic E-state index is 0.171. The predicted octanol–water partition coefficient (Wildman–Crippen LogP) is 4.80. The van der Waals surface area contributed by atoms with E-state index in [1.807, 2.05) is 75.4 Å². The van der Waals surface area contributed by atoms with E-state index in [0.717, 1.165) is 36.3 Å². The highest BCUT2D eigenvalue weighted by atomic mass is 16.6. The van der Waals surface area contributed by atoms with Crippen LogP contribution in [0.5, 0.6) is 5.88 Å². The molecule has 1 saturated heterocycles. The van der Waals surface area contributed by atoms with E-state index in [0.29, 0.717) is 30.2 Å². The van der Waals surface area contributed by atoms with Gasteiger partial charge < -0.3 is 19.7 Å². The first-order valence-corrected chi connectivity index (χ1v) is 12.9. The number of aromatic nitrogens is 1. The van der Waals surface area contributed by atoms with Crippen molar-refractivity contribution in [2.24, 2.45) is 0 Å². The van der Waals surface area contributed by atoms with Gasteiger partial charge in [0.2, 0.25) is 5.88 Å². The number of carbonyl (C=O) groups is 2. The van der Waals surface area contributed by atoms with Gasteiger partial charge in [-0.2, -0.15) is 0 Å². The van der Waals surface area contributed by atoms with Crippen LogP contribution in [0.3, 0.4) is 0 Å². The predicted molar refractivity (Wildman–Crippen MR) is 151 cm³/mol. The van der Waals surface area contributed by atoms with E-state index in [2.05, 4.69) is 27.0 Å². The first-order valence-electron chi connectivity index (χ1n) is 12.9. The number of carbonyl (C=O) groups excluding carboxylic acids is 2. The number of pyridine rings is 1. The third-order valence-electron chi connectivity index (χ3n) is 6.08. The van der Waals surface area contributed by atoms with E-state index in [4.69, 9.17) is 9.47 Å². The second kappa shape index (κ2) is 12.5. The maximum Gasteiger partial charge on any atom is 0.410 e. The molecule has 0 saturated carbocycles. The molecule has 39 heavy (non-hydrogen) atoms. The summed E-state index contributed by atoms with van der Waals surface area (Å²) in [6, 6.07) is 18.6. The molecule has 0 spiro atoms. The zero-order valence-corrected chi connectivity index (χ0v) is 22.9. The fourth-order valence-electron chi connectivity index (χ4n) is 4.02. The van der Waals surface area contributed by atoms with Gasteiger partial charge in [0, 0.05) is 67.4 Å². The summed E-state index contributed by atoms with van der Waals surface area (Å²) in [5.74, 6) is 6.54. The third-order valence-corrected chi connectivity index (χ3v) is 6.08. The van der Waals surface area contributed by atoms with Gasteiger partial charge in [-0.25, -0.2) is 9.78 Å². The Morgan fingerprint density at radius 2 is 1.59 bits per heavy atom. The van der Waals surface area contributed by atoms with Gasteiger partial charge in [0.25, 0.3) is 5.91 Å². The Bertz CT molecular complexity index is 1340. The van der Waals surface area contributed by atoms with E-state index in [1.165, 1.54) is 0 Å². The van der Waals surface area contributed by atoms with Gasteiger partial charge in [-0.3, -0.25) is 9.69 Å². The molecule has 0 radical (unpaired) electrons. The number of rotatable bonds is 5. The number of benzene rings is 2. The van der Waals surface area contributed by atoms with Crippen molar-refractivity contribution < 1.29 is 19.1 Å². The van der Waals surface area contributed by atoms with E-state index >= 15 is 0 Å². The van der Waals surface area contributed by atoms with Gasteiger partial charge in [-0.05, 0) is 68.8 Å². The van der Waals surface area contributed by atoms with Crippen LogP contribution in [0.2, 0.25) is 0 Å². The maximum absolute atomic E-state index is 12.8. The first-order chi connectivity index (χ1) is 18.7. The van der Waals surface area contributed by atoms with Crippen molar-refractivity contribution in [3.63, 3.8) is 0 Å². The van der Waals surface area contributed by atoms with E-state index in [9.17, 15) is 9.59 Å². The molecule has 1 fully saturated rings. The van der Waals surface area contributed by atoms with E-state index < -0.39 is 5.60 Å². The molecule has 1 N–H and O–H groups in total. The normalized spacial score (nSPS) is 13.7. The fourth-order valence-corrected chi connectivity index (χ4v) is 4.02. The van der Waals surface area contributed by atoms with Crippen LogP contribution in [-0.4, -0.2) is 65.7 Å². The van der Waals surface area contributed by atoms with Crippen LogP contribution in [0.4, 0.5) is 10.5 Å². The Balaban J connectivity index is 1.26. The van der Waals surface area contributed by atoms with Crippen molar-refractivity contribution in [1.82, 2.24) is 14.8 Å². The lowest BCUT2D eigenvalue weighted by Crippen LogP contribution is -2.49. The molecule has 2 heterocycles. The molecular formula is C31H34N4O4. The molecule has 0 aliphatic carbocycles. The monoisotopic (exact) mass is 526 g/mol. The van der Waals surface area contributed by atoms with Crippen LogP contribution in [0.15, 0.2) is 66.9 Å². The van der Waals surface area contributed by atoms with Crippen LogP contribution >= 0.6 is 0 Å².